The Kier molecular flexibility index (Phi) is 5.70. The molecule has 4 rings (SSSR count). The molecule has 1 N–H and O–H groups in total. The van der Waals surface area contributed by atoms with Crippen LogP contribution in [0.15, 0.2) is 54.9 Å². The molecule has 0 bridgehead atoms. The number of hydrogen-bond acceptors (Lipinski definition) is 5. The highest BCUT2D eigenvalue weighted by Gasteiger charge is 2.30. The van der Waals surface area contributed by atoms with E-state index in [1.165, 1.54) is 12.1 Å². The van der Waals surface area contributed by atoms with Crippen LogP contribution in [0.3, 0.4) is 0 Å². The zero-order valence-corrected chi connectivity index (χ0v) is 17.0. The first-order valence-corrected chi connectivity index (χ1v) is 10.1. The van der Waals surface area contributed by atoms with Crippen LogP contribution in [-0.4, -0.2) is 38.3 Å². The van der Waals surface area contributed by atoms with Crippen molar-refractivity contribution in [3.8, 4) is 11.3 Å². The number of amides is 1. The Hall–Kier alpha value is -3.35. The molecule has 0 saturated carbocycles. The van der Waals surface area contributed by atoms with Gasteiger partial charge in [-0.05, 0) is 50.1 Å². The SMILES string of the molecule is CC(=O)N1C[C@H](c2nc(Nc3cccc(F)c3)cc(-c3cccnc3)n2)CC[C@@H]1C. The first kappa shape index (κ1) is 19.9. The minimum Gasteiger partial charge on any atom is -0.340 e. The Bertz CT molecular complexity index is 1040. The van der Waals surface area contributed by atoms with E-state index in [9.17, 15) is 9.18 Å². The van der Waals surface area contributed by atoms with E-state index in [2.05, 4.69) is 17.2 Å². The molecule has 1 aliphatic heterocycles. The van der Waals surface area contributed by atoms with Gasteiger partial charge in [-0.3, -0.25) is 9.78 Å². The molecule has 7 heteroatoms. The summed E-state index contributed by atoms with van der Waals surface area (Å²) in [6.45, 7) is 4.26. The maximum absolute atomic E-state index is 13.6. The van der Waals surface area contributed by atoms with Gasteiger partial charge >= 0.3 is 0 Å². The van der Waals surface area contributed by atoms with E-state index >= 15 is 0 Å². The number of carbonyl (C=O) groups excluding carboxylic acids is 1. The summed E-state index contributed by atoms with van der Waals surface area (Å²) in [7, 11) is 0. The summed E-state index contributed by atoms with van der Waals surface area (Å²) in [6.07, 6.45) is 5.27. The van der Waals surface area contributed by atoms with Crippen LogP contribution in [0.25, 0.3) is 11.3 Å². The monoisotopic (exact) mass is 405 g/mol. The zero-order valence-electron chi connectivity index (χ0n) is 17.0. The normalized spacial score (nSPS) is 18.8. The minimum absolute atomic E-state index is 0.0368. The molecule has 154 valence electrons. The van der Waals surface area contributed by atoms with Gasteiger partial charge in [0.05, 0.1) is 5.69 Å². The summed E-state index contributed by atoms with van der Waals surface area (Å²) in [5.74, 6) is 1.04. The van der Waals surface area contributed by atoms with Gasteiger partial charge in [0.1, 0.15) is 17.5 Å². The largest absolute Gasteiger partial charge is 0.340 e. The molecule has 3 aromatic rings. The van der Waals surface area contributed by atoms with E-state index in [1.807, 2.05) is 23.1 Å². The van der Waals surface area contributed by atoms with Crippen LogP contribution < -0.4 is 5.32 Å². The van der Waals surface area contributed by atoms with Gasteiger partial charge in [-0.2, -0.15) is 0 Å². The number of nitrogens with zero attached hydrogens (tertiary/aromatic N) is 4. The van der Waals surface area contributed by atoms with Crippen molar-refractivity contribution in [1.82, 2.24) is 19.9 Å². The second-order valence-corrected chi connectivity index (χ2v) is 7.67. The molecule has 1 saturated heterocycles. The van der Waals surface area contributed by atoms with Crippen LogP contribution in [0, 0.1) is 5.82 Å². The summed E-state index contributed by atoms with van der Waals surface area (Å²) in [6, 6.07) is 12.1. The summed E-state index contributed by atoms with van der Waals surface area (Å²) in [4.78, 5) is 27.6. The number of carbonyl (C=O) groups is 1. The molecule has 2 aromatic heterocycles. The van der Waals surface area contributed by atoms with E-state index in [-0.39, 0.29) is 23.7 Å². The van der Waals surface area contributed by atoms with Crippen molar-refractivity contribution in [3.05, 3.63) is 66.5 Å². The number of benzene rings is 1. The molecule has 0 radical (unpaired) electrons. The van der Waals surface area contributed by atoms with Crippen molar-refractivity contribution in [3.63, 3.8) is 0 Å². The molecule has 1 aliphatic rings. The quantitative estimate of drug-likeness (QED) is 0.690. The van der Waals surface area contributed by atoms with E-state index in [0.29, 0.717) is 23.9 Å². The van der Waals surface area contributed by atoms with Gasteiger partial charge in [0.25, 0.3) is 0 Å². The average Bonchev–Trinajstić information content (AvgIpc) is 2.74. The van der Waals surface area contributed by atoms with Gasteiger partial charge in [0.15, 0.2) is 0 Å². The van der Waals surface area contributed by atoms with Crippen molar-refractivity contribution < 1.29 is 9.18 Å². The topological polar surface area (TPSA) is 71.0 Å². The second kappa shape index (κ2) is 8.57. The Morgan fingerprint density at radius 2 is 2.03 bits per heavy atom. The molecule has 2 atom stereocenters. The Balaban J connectivity index is 1.71. The van der Waals surface area contributed by atoms with Crippen LogP contribution in [0.2, 0.25) is 0 Å². The first-order chi connectivity index (χ1) is 14.5. The van der Waals surface area contributed by atoms with Gasteiger partial charge in [0.2, 0.25) is 5.91 Å². The van der Waals surface area contributed by atoms with Crippen molar-refractivity contribution in [2.75, 3.05) is 11.9 Å². The predicted octanol–water partition coefficient (Wildman–Crippen LogP) is 4.54. The molecule has 1 aromatic carbocycles. The van der Waals surface area contributed by atoms with Gasteiger partial charge in [0, 0.05) is 55.1 Å². The van der Waals surface area contributed by atoms with E-state index in [0.717, 1.165) is 24.1 Å². The number of anilines is 2. The summed E-state index contributed by atoms with van der Waals surface area (Å²) in [5.41, 5.74) is 2.22. The third-order valence-electron chi connectivity index (χ3n) is 5.45. The zero-order chi connectivity index (χ0) is 21.1. The number of nitrogens with one attached hydrogen (secondary N) is 1. The third-order valence-corrected chi connectivity index (χ3v) is 5.45. The number of likely N-dealkylation sites (tertiary alicyclic amines) is 1. The standard InChI is InChI=1S/C23H24FN5O/c1-15-8-9-18(14-29(15)16(2)30)23-27-21(17-5-4-10-25-13-17)12-22(28-23)26-20-7-3-6-19(24)11-20/h3-7,10-13,15,18H,8-9,14H2,1-2H3,(H,26,27,28)/t15-,18+/m0/s1. The van der Waals surface area contributed by atoms with Crippen LogP contribution >= 0.6 is 0 Å². The van der Waals surface area contributed by atoms with Crippen LogP contribution in [-0.2, 0) is 4.79 Å². The fourth-order valence-electron chi connectivity index (χ4n) is 3.85. The molecule has 30 heavy (non-hydrogen) atoms. The molecular formula is C23H24FN5O. The summed E-state index contributed by atoms with van der Waals surface area (Å²) in [5, 5.41) is 3.19. The first-order valence-electron chi connectivity index (χ1n) is 10.1. The summed E-state index contributed by atoms with van der Waals surface area (Å²) < 4.78 is 13.6. The summed E-state index contributed by atoms with van der Waals surface area (Å²) >= 11 is 0. The highest BCUT2D eigenvalue weighted by Crippen LogP contribution is 2.31. The number of piperidine rings is 1. The average molecular weight is 405 g/mol. The van der Waals surface area contributed by atoms with E-state index in [4.69, 9.17) is 9.97 Å². The van der Waals surface area contributed by atoms with Gasteiger partial charge in [-0.15, -0.1) is 0 Å². The second-order valence-electron chi connectivity index (χ2n) is 7.67. The molecule has 0 unspecified atom stereocenters. The van der Waals surface area contributed by atoms with Crippen molar-refractivity contribution >= 4 is 17.4 Å². The number of aromatic nitrogens is 3. The number of hydrogen-bond donors (Lipinski definition) is 1. The smallest absolute Gasteiger partial charge is 0.219 e. The van der Waals surface area contributed by atoms with Crippen molar-refractivity contribution in [2.24, 2.45) is 0 Å². The van der Waals surface area contributed by atoms with Gasteiger partial charge in [-0.25, -0.2) is 14.4 Å². The lowest BCUT2D eigenvalue weighted by Gasteiger charge is -2.37. The molecular weight excluding hydrogens is 381 g/mol. The molecule has 0 aliphatic carbocycles. The Morgan fingerprint density at radius 3 is 2.77 bits per heavy atom. The molecule has 6 nitrogen and oxygen atoms in total. The lowest BCUT2D eigenvalue weighted by atomic mass is 9.92. The molecule has 1 fully saturated rings. The fourth-order valence-corrected chi connectivity index (χ4v) is 3.85. The van der Waals surface area contributed by atoms with Crippen molar-refractivity contribution in [1.29, 1.82) is 0 Å². The van der Waals surface area contributed by atoms with Crippen molar-refractivity contribution in [2.45, 2.75) is 38.6 Å². The number of pyridine rings is 1. The third kappa shape index (κ3) is 4.45. The van der Waals surface area contributed by atoms with E-state index < -0.39 is 0 Å². The Labute approximate surface area is 175 Å². The minimum atomic E-state index is -0.319. The van der Waals surface area contributed by atoms with Crippen LogP contribution in [0.5, 0.6) is 0 Å². The lowest BCUT2D eigenvalue weighted by molar-refractivity contribution is -0.132. The number of rotatable bonds is 4. The van der Waals surface area contributed by atoms with Gasteiger partial charge in [-0.1, -0.05) is 6.07 Å². The number of halogens is 1. The highest BCUT2D eigenvalue weighted by molar-refractivity contribution is 5.73. The molecule has 1 amide bonds. The van der Waals surface area contributed by atoms with Gasteiger partial charge < -0.3 is 10.2 Å². The maximum Gasteiger partial charge on any atom is 0.219 e. The van der Waals surface area contributed by atoms with Crippen LogP contribution in [0.1, 0.15) is 38.4 Å². The predicted molar refractivity (Wildman–Crippen MR) is 114 cm³/mol. The van der Waals surface area contributed by atoms with E-state index in [1.54, 1.807) is 31.5 Å². The van der Waals surface area contributed by atoms with Crippen LogP contribution in [0.4, 0.5) is 15.9 Å². The highest BCUT2D eigenvalue weighted by atomic mass is 19.1. The fraction of sp³-hybridized carbons (Fsp3) is 0.304. The molecule has 3 heterocycles. The molecule has 0 spiro atoms. The maximum atomic E-state index is 13.6. The Morgan fingerprint density at radius 1 is 1.17 bits per heavy atom. The lowest BCUT2D eigenvalue weighted by Crippen LogP contribution is -2.44.